The molecule has 1 amide bonds. The lowest BCUT2D eigenvalue weighted by Gasteiger charge is -2.14. The number of H-pyrrole nitrogens is 1. The number of aromatic nitrogens is 2. The average molecular weight is 344 g/mol. The Kier molecular flexibility index (Phi) is 3.06. The number of thiophene rings is 1. The fourth-order valence-corrected chi connectivity index (χ4v) is 3.38. The van der Waals surface area contributed by atoms with E-state index in [1.807, 2.05) is 0 Å². The molecule has 2 aromatic heterocycles. The number of carbonyl (C=O) groups is 1. The summed E-state index contributed by atoms with van der Waals surface area (Å²) < 4.78 is 6.44. The van der Waals surface area contributed by atoms with Crippen LogP contribution in [-0.2, 0) is 4.74 Å². The highest BCUT2D eigenvalue weighted by Gasteiger charge is 2.37. The summed E-state index contributed by atoms with van der Waals surface area (Å²) in [7, 11) is 0. The molecule has 8 heteroatoms. The molecule has 1 atom stereocenters. The Morgan fingerprint density at radius 3 is 3.00 bits per heavy atom. The van der Waals surface area contributed by atoms with E-state index in [1.165, 1.54) is 11.3 Å². The molecule has 2 heterocycles. The van der Waals surface area contributed by atoms with E-state index in [4.69, 9.17) is 10.5 Å². The van der Waals surface area contributed by atoms with Gasteiger partial charge in [0.05, 0.1) is 9.30 Å². The summed E-state index contributed by atoms with van der Waals surface area (Å²) in [5.74, 6) is 0.555. The number of amides is 1. The quantitative estimate of drug-likeness (QED) is 0.893. The lowest BCUT2D eigenvalue weighted by molar-refractivity contribution is 0.0881. The first-order valence-corrected chi connectivity index (χ1v) is 7.31. The van der Waals surface area contributed by atoms with Crippen LogP contribution in [0.15, 0.2) is 14.6 Å². The second kappa shape index (κ2) is 4.61. The predicted molar refractivity (Wildman–Crippen MR) is 74.1 cm³/mol. The molecule has 0 bridgehead atoms. The number of nitrogens with zero attached hydrogens (tertiary/aromatic N) is 1. The van der Waals surface area contributed by atoms with Crippen molar-refractivity contribution < 1.29 is 9.53 Å². The summed E-state index contributed by atoms with van der Waals surface area (Å²) in [5.41, 5.74) is 5.43. The summed E-state index contributed by atoms with van der Waals surface area (Å²) in [6.45, 7) is 0. The molecule has 2 aromatic rings. The first kappa shape index (κ1) is 12.6. The summed E-state index contributed by atoms with van der Waals surface area (Å²) >= 11 is 4.64. The molecular formula is C11H10BrN3O3S. The van der Waals surface area contributed by atoms with Gasteiger partial charge in [0, 0.05) is 5.92 Å². The molecule has 1 aliphatic carbocycles. The minimum absolute atomic E-state index is 0.190. The fourth-order valence-electron chi connectivity index (χ4n) is 1.96. The van der Waals surface area contributed by atoms with Gasteiger partial charge in [-0.1, -0.05) is 0 Å². The van der Waals surface area contributed by atoms with E-state index in [1.54, 1.807) is 6.07 Å². The number of halogens is 1. The molecule has 0 spiro atoms. The van der Waals surface area contributed by atoms with E-state index < -0.39 is 12.2 Å². The Morgan fingerprint density at radius 2 is 2.37 bits per heavy atom. The molecular weight excluding hydrogens is 334 g/mol. The second-order valence-electron chi connectivity index (χ2n) is 4.41. The van der Waals surface area contributed by atoms with Gasteiger partial charge in [0.1, 0.15) is 4.70 Å². The molecule has 6 nitrogen and oxygen atoms in total. The zero-order valence-corrected chi connectivity index (χ0v) is 12.1. The number of carbonyl (C=O) groups excluding carboxylic acids is 1. The maximum Gasteiger partial charge on any atom is 0.405 e. The van der Waals surface area contributed by atoms with Gasteiger partial charge < -0.3 is 15.5 Å². The Bertz CT molecular complexity index is 707. The number of nitrogens with one attached hydrogen (secondary N) is 1. The van der Waals surface area contributed by atoms with Gasteiger partial charge in [0.15, 0.2) is 11.9 Å². The third-order valence-electron chi connectivity index (χ3n) is 2.93. The van der Waals surface area contributed by atoms with Crippen molar-refractivity contribution in [2.45, 2.75) is 18.9 Å². The number of hydrogen-bond acceptors (Lipinski definition) is 5. The minimum Gasteiger partial charge on any atom is -0.438 e. The molecule has 0 radical (unpaired) electrons. The first-order valence-electron chi connectivity index (χ1n) is 5.70. The minimum atomic E-state index is -0.855. The number of ether oxygens (including phenoxy) is 1. The zero-order chi connectivity index (χ0) is 13.6. The monoisotopic (exact) mass is 343 g/mol. The SMILES string of the molecule is NC(=O)OC(c1nc2cc(Br)sc2c(=O)[nH]1)C1CC1. The van der Waals surface area contributed by atoms with Crippen LogP contribution in [0.4, 0.5) is 4.79 Å². The van der Waals surface area contributed by atoms with Crippen molar-refractivity contribution >= 4 is 43.6 Å². The van der Waals surface area contributed by atoms with Gasteiger partial charge in [0.25, 0.3) is 5.56 Å². The second-order valence-corrected chi connectivity index (χ2v) is 6.84. The van der Waals surface area contributed by atoms with Gasteiger partial charge in [-0.25, -0.2) is 9.78 Å². The Morgan fingerprint density at radius 1 is 1.63 bits per heavy atom. The molecule has 1 saturated carbocycles. The van der Waals surface area contributed by atoms with Crippen LogP contribution >= 0.6 is 27.3 Å². The third-order valence-corrected chi connectivity index (χ3v) is 4.56. The molecule has 1 unspecified atom stereocenters. The molecule has 3 rings (SSSR count). The van der Waals surface area contributed by atoms with E-state index in [0.29, 0.717) is 16.0 Å². The van der Waals surface area contributed by atoms with Gasteiger partial charge in [0.2, 0.25) is 0 Å². The van der Waals surface area contributed by atoms with E-state index >= 15 is 0 Å². The van der Waals surface area contributed by atoms with Gasteiger partial charge in [-0.3, -0.25) is 4.79 Å². The van der Waals surface area contributed by atoms with Crippen molar-refractivity contribution in [3.05, 3.63) is 26.0 Å². The number of fused-ring (bicyclic) bond motifs is 1. The van der Waals surface area contributed by atoms with Gasteiger partial charge in [-0.2, -0.15) is 0 Å². The Hall–Kier alpha value is -1.41. The highest BCUT2D eigenvalue weighted by Crippen LogP contribution is 2.42. The molecule has 0 aliphatic heterocycles. The van der Waals surface area contributed by atoms with Crippen molar-refractivity contribution in [2.24, 2.45) is 11.7 Å². The van der Waals surface area contributed by atoms with Crippen LogP contribution in [0.1, 0.15) is 24.8 Å². The van der Waals surface area contributed by atoms with Crippen LogP contribution in [0, 0.1) is 5.92 Å². The summed E-state index contributed by atoms with van der Waals surface area (Å²) in [5, 5.41) is 0. The Labute approximate surface area is 120 Å². The zero-order valence-electron chi connectivity index (χ0n) is 9.68. The average Bonchev–Trinajstić information content (AvgIpc) is 3.08. The van der Waals surface area contributed by atoms with Crippen molar-refractivity contribution in [3.8, 4) is 0 Å². The Balaban J connectivity index is 2.07. The number of primary amides is 1. The fraction of sp³-hybridized carbons (Fsp3) is 0.364. The lowest BCUT2D eigenvalue weighted by atomic mass is 10.2. The largest absolute Gasteiger partial charge is 0.438 e. The molecule has 0 aromatic carbocycles. The summed E-state index contributed by atoms with van der Waals surface area (Å²) in [4.78, 5) is 30.0. The van der Waals surface area contributed by atoms with Crippen LogP contribution in [0.25, 0.3) is 10.2 Å². The van der Waals surface area contributed by atoms with Crippen molar-refractivity contribution in [3.63, 3.8) is 0 Å². The topological polar surface area (TPSA) is 98.1 Å². The van der Waals surface area contributed by atoms with Crippen LogP contribution in [0.3, 0.4) is 0 Å². The van der Waals surface area contributed by atoms with E-state index in [-0.39, 0.29) is 11.5 Å². The van der Waals surface area contributed by atoms with Crippen molar-refractivity contribution in [1.29, 1.82) is 0 Å². The number of rotatable bonds is 3. The molecule has 0 saturated heterocycles. The summed E-state index contributed by atoms with van der Waals surface area (Å²) in [6.07, 6.45) is 0.458. The van der Waals surface area contributed by atoms with Gasteiger partial charge in [-0.05, 0) is 34.8 Å². The number of hydrogen-bond donors (Lipinski definition) is 2. The van der Waals surface area contributed by atoms with Gasteiger partial charge >= 0.3 is 6.09 Å². The van der Waals surface area contributed by atoms with Crippen molar-refractivity contribution in [1.82, 2.24) is 9.97 Å². The molecule has 100 valence electrons. The van der Waals surface area contributed by atoms with E-state index in [0.717, 1.165) is 16.6 Å². The molecule has 1 fully saturated rings. The maximum absolute atomic E-state index is 12.0. The number of nitrogens with two attached hydrogens (primary N) is 1. The number of aromatic amines is 1. The van der Waals surface area contributed by atoms with Crippen LogP contribution in [0.2, 0.25) is 0 Å². The first-order chi connectivity index (χ1) is 9.04. The summed E-state index contributed by atoms with van der Waals surface area (Å²) in [6, 6.07) is 1.77. The normalized spacial score (nSPS) is 16.5. The maximum atomic E-state index is 12.0. The van der Waals surface area contributed by atoms with Crippen molar-refractivity contribution in [2.75, 3.05) is 0 Å². The highest BCUT2D eigenvalue weighted by molar-refractivity contribution is 9.11. The van der Waals surface area contributed by atoms with Gasteiger partial charge in [-0.15, -0.1) is 11.3 Å². The van der Waals surface area contributed by atoms with E-state index in [2.05, 4.69) is 25.9 Å². The molecule has 3 N–H and O–H groups in total. The van der Waals surface area contributed by atoms with Crippen LogP contribution in [-0.4, -0.2) is 16.1 Å². The van der Waals surface area contributed by atoms with Crippen LogP contribution < -0.4 is 11.3 Å². The smallest absolute Gasteiger partial charge is 0.405 e. The van der Waals surface area contributed by atoms with Crippen LogP contribution in [0.5, 0.6) is 0 Å². The third kappa shape index (κ3) is 2.50. The lowest BCUT2D eigenvalue weighted by Crippen LogP contribution is -2.22. The molecule has 19 heavy (non-hydrogen) atoms. The standard InChI is InChI=1S/C11H10BrN3O3S/c12-6-3-5-8(19-6)10(16)15-9(14-5)7(4-1-2-4)18-11(13)17/h3-4,7H,1-2H2,(H2,13,17)(H,14,15,16). The molecule has 1 aliphatic rings. The predicted octanol–water partition coefficient (Wildman–Crippen LogP) is 2.29. The highest BCUT2D eigenvalue weighted by atomic mass is 79.9. The van der Waals surface area contributed by atoms with E-state index in [9.17, 15) is 9.59 Å².